The number of amides is 1. The molecule has 3 nitrogen and oxygen atoms in total. The normalized spacial score (nSPS) is 10.3. The van der Waals surface area contributed by atoms with Crippen LogP contribution in [-0.4, -0.2) is 34.2 Å². The lowest BCUT2D eigenvalue weighted by Gasteiger charge is -2.20. The first-order valence-electron chi connectivity index (χ1n) is 5.03. The molecule has 0 unspecified atom stereocenters. The Morgan fingerprint density at radius 3 is 2.93 bits per heavy atom. The van der Waals surface area contributed by atoms with Crippen LogP contribution in [0, 0.1) is 0 Å². The number of carbonyl (C=O) groups is 1. The highest BCUT2D eigenvalue weighted by molar-refractivity contribution is 9.09. The molecule has 0 aromatic carbocycles. The van der Waals surface area contributed by atoms with Crippen LogP contribution in [0.15, 0.2) is 10.9 Å². The summed E-state index contributed by atoms with van der Waals surface area (Å²) in [6, 6.07) is 0. The molecule has 1 heterocycles. The molecule has 0 spiro atoms. The smallest absolute Gasteiger partial charge is 0.273 e. The molecule has 0 aliphatic rings. The number of thiazole rings is 1. The SMILES string of the molecule is CCCCN(CCBr)C(=O)c1cscn1. The third-order valence-electron chi connectivity index (χ3n) is 2.07. The largest absolute Gasteiger partial charge is 0.336 e. The first-order chi connectivity index (χ1) is 7.29. The zero-order chi connectivity index (χ0) is 11.1. The molecular weight excluding hydrogens is 276 g/mol. The lowest BCUT2D eigenvalue weighted by Crippen LogP contribution is -2.33. The fourth-order valence-electron chi connectivity index (χ4n) is 1.25. The van der Waals surface area contributed by atoms with Gasteiger partial charge in [-0.1, -0.05) is 29.3 Å². The number of hydrogen-bond donors (Lipinski definition) is 0. The van der Waals surface area contributed by atoms with Gasteiger partial charge in [0.1, 0.15) is 5.69 Å². The second kappa shape index (κ2) is 6.95. The summed E-state index contributed by atoms with van der Waals surface area (Å²) in [6.07, 6.45) is 2.14. The Kier molecular flexibility index (Phi) is 5.86. The Balaban J connectivity index is 2.58. The summed E-state index contributed by atoms with van der Waals surface area (Å²) in [5.74, 6) is 0.0455. The van der Waals surface area contributed by atoms with Gasteiger partial charge in [-0.05, 0) is 6.42 Å². The zero-order valence-electron chi connectivity index (χ0n) is 8.78. The highest BCUT2D eigenvalue weighted by atomic mass is 79.9. The van der Waals surface area contributed by atoms with Crippen molar-refractivity contribution in [2.75, 3.05) is 18.4 Å². The lowest BCUT2D eigenvalue weighted by molar-refractivity contribution is 0.0759. The Hall–Kier alpha value is -0.420. The number of carbonyl (C=O) groups excluding carboxylic acids is 1. The monoisotopic (exact) mass is 290 g/mol. The average Bonchev–Trinajstić information content (AvgIpc) is 2.76. The minimum atomic E-state index is 0.0455. The minimum absolute atomic E-state index is 0.0455. The number of unbranched alkanes of at least 4 members (excludes halogenated alkanes) is 1. The highest BCUT2D eigenvalue weighted by Gasteiger charge is 2.15. The molecule has 0 aliphatic heterocycles. The van der Waals surface area contributed by atoms with E-state index in [0.29, 0.717) is 5.69 Å². The summed E-state index contributed by atoms with van der Waals surface area (Å²) >= 11 is 4.82. The molecule has 1 rings (SSSR count). The molecule has 1 aromatic heterocycles. The van der Waals surface area contributed by atoms with Gasteiger partial charge in [0.25, 0.3) is 5.91 Å². The summed E-state index contributed by atoms with van der Waals surface area (Å²) in [6.45, 7) is 3.69. The number of aromatic nitrogens is 1. The maximum atomic E-state index is 12.0. The van der Waals surface area contributed by atoms with E-state index < -0.39 is 0 Å². The van der Waals surface area contributed by atoms with Crippen LogP contribution < -0.4 is 0 Å². The predicted octanol–water partition coefficient (Wildman–Crippen LogP) is 2.78. The zero-order valence-corrected chi connectivity index (χ0v) is 11.2. The van der Waals surface area contributed by atoms with Gasteiger partial charge in [0, 0.05) is 23.8 Å². The number of rotatable bonds is 6. The molecule has 0 atom stereocenters. The van der Waals surface area contributed by atoms with Crippen molar-refractivity contribution in [2.24, 2.45) is 0 Å². The number of nitrogens with zero attached hydrogens (tertiary/aromatic N) is 2. The Morgan fingerprint density at radius 2 is 2.40 bits per heavy atom. The van der Waals surface area contributed by atoms with Crippen molar-refractivity contribution in [3.05, 3.63) is 16.6 Å². The summed E-state index contributed by atoms with van der Waals surface area (Å²) in [5.41, 5.74) is 2.26. The Morgan fingerprint density at radius 1 is 1.60 bits per heavy atom. The summed E-state index contributed by atoms with van der Waals surface area (Å²) in [5, 5.41) is 2.61. The van der Waals surface area contributed by atoms with Crippen molar-refractivity contribution >= 4 is 33.2 Å². The van der Waals surface area contributed by atoms with Crippen LogP contribution in [0.5, 0.6) is 0 Å². The summed E-state index contributed by atoms with van der Waals surface area (Å²) < 4.78 is 0. The Labute approximate surface area is 103 Å². The van der Waals surface area contributed by atoms with Gasteiger partial charge >= 0.3 is 0 Å². The van der Waals surface area contributed by atoms with Crippen molar-refractivity contribution in [1.29, 1.82) is 0 Å². The van der Waals surface area contributed by atoms with E-state index in [1.54, 1.807) is 10.9 Å². The molecule has 0 aliphatic carbocycles. The molecule has 15 heavy (non-hydrogen) atoms. The van der Waals surface area contributed by atoms with E-state index >= 15 is 0 Å². The molecule has 5 heteroatoms. The van der Waals surface area contributed by atoms with Gasteiger partial charge in [-0.25, -0.2) is 4.98 Å². The summed E-state index contributed by atoms with van der Waals surface area (Å²) in [4.78, 5) is 17.8. The first kappa shape index (κ1) is 12.6. The average molecular weight is 291 g/mol. The quantitative estimate of drug-likeness (QED) is 0.755. The molecule has 0 bridgehead atoms. The number of hydrogen-bond acceptors (Lipinski definition) is 3. The fourth-order valence-corrected chi connectivity index (χ4v) is 2.20. The lowest BCUT2D eigenvalue weighted by atomic mass is 10.3. The molecule has 0 radical (unpaired) electrons. The molecule has 84 valence electrons. The molecule has 1 aromatic rings. The van der Waals surface area contributed by atoms with Crippen LogP contribution in [0.1, 0.15) is 30.3 Å². The first-order valence-corrected chi connectivity index (χ1v) is 7.09. The van der Waals surface area contributed by atoms with Gasteiger partial charge in [0.2, 0.25) is 0 Å². The van der Waals surface area contributed by atoms with Gasteiger partial charge in [0.15, 0.2) is 0 Å². The van der Waals surface area contributed by atoms with Crippen LogP contribution in [0.25, 0.3) is 0 Å². The van der Waals surface area contributed by atoms with Crippen LogP contribution in [0.3, 0.4) is 0 Å². The topological polar surface area (TPSA) is 33.2 Å². The van der Waals surface area contributed by atoms with Crippen LogP contribution in [-0.2, 0) is 0 Å². The van der Waals surface area contributed by atoms with E-state index in [-0.39, 0.29) is 5.91 Å². The van der Waals surface area contributed by atoms with Gasteiger partial charge in [-0.2, -0.15) is 0 Å². The van der Waals surface area contributed by atoms with E-state index in [2.05, 4.69) is 27.8 Å². The van der Waals surface area contributed by atoms with Crippen molar-refractivity contribution in [2.45, 2.75) is 19.8 Å². The standard InChI is InChI=1S/C10H15BrN2OS/c1-2-3-5-13(6-4-11)10(14)9-7-15-8-12-9/h7-8H,2-6H2,1H3. The molecule has 0 fully saturated rings. The van der Waals surface area contributed by atoms with Crippen molar-refractivity contribution in [3.63, 3.8) is 0 Å². The van der Waals surface area contributed by atoms with Crippen molar-refractivity contribution < 1.29 is 4.79 Å². The van der Waals surface area contributed by atoms with E-state index in [4.69, 9.17) is 0 Å². The van der Waals surface area contributed by atoms with Gasteiger partial charge < -0.3 is 4.90 Å². The Bertz CT molecular complexity index is 290. The number of halogens is 1. The van der Waals surface area contributed by atoms with Crippen LogP contribution in [0.2, 0.25) is 0 Å². The second-order valence-corrected chi connectivity index (χ2v) is 4.72. The van der Waals surface area contributed by atoms with Gasteiger partial charge in [-0.3, -0.25) is 4.79 Å². The van der Waals surface area contributed by atoms with E-state index in [9.17, 15) is 4.79 Å². The maximum Gasteiger partial charge on any atom is 0.273 e. The summed E-state index contributed by atoms with van der Waals surface area (Å²) in [7, 11) is 0. The van der Waals surface area contributed by atoms with E-state index in [1.807, 2.05) is 4.90 Å². The fraction of sp³-hybridized carbons (Fsp3) is 0.600. The van der Waals surface area contributed by atoms with E-state index in [1.165, 1.54) is 11.3 Å². The van der Waals surface area contributed by atoms with Crippen LogP contribution in [0.4, 0.5) is 0 Å². The molecule has 0 saturated heterocycles. The third kappa shape index (κ3) is 3.91. The number of alkyl halides is 1. The van der Waals surface area contributed by atoms with Gasteiger partial charge in [0.05, 0.1) is 5.51 Å². The van der Waals surface area contributed by atoms with Crippen molar-refractivity contribution in [3.8, 4) is 0 Å². The van der Waals surface area contributed by atoms with Crippen molar-refractivity contribution in [1.82, 2.24) is 9.88 Å². The molecular formula is C10H15BrN2OS. The highest BCUT2D eigenvalue weighted by Crippen LogP contribution is 2.07. The minimum Gasteiger partial charge on any atom is -0.336 e. The third-order valence-corrected chi connectivity index (χ3v) is 3.02. The maximum absolute atomic E-state index is 12.0. The molecule has 0 saturated carbocycles. The molecule has 0 N–H and O–H groups in total. The predicted molar refractivity (Wildman–Crippen MR) is 66.7 cm³/mol. The molecule has 1 amide bonds. The van der Waals surface area contributed by atoms with E-state index in [0.717, 1.165) is 31.3 Å². The van der Waals surface area contributed by atoms with Crippen LogP contribution >= 0.6 is 27.3 Å². The van der Waals surface area contributed by atoms with Gasteiger partial charge in [-0.15, -0.1) is 11.3 Å². The second-order valence-electron chi connectivity index (χ2n) is 3.21.